The van der Waals surface area contributed by atoms with Gasteiger partial charge in [-0.2, -0.15) is 0 Å². The molecule has 0 unspecified atom stereocenters. The topological polar surface area (TPSA) is 75.8 Å². The molecule has 12 rings (SSSR count). The average Bonchev–Trinajstić information content (AvgIpc) is 3.68. The van der Waals surface area contributed by atoms with Crippen LogP contribution in [0.3, 0.4) is 0 Å². The molecule has 0 amide bonds. The summed E-state index contributed by atoms with van der Waals surface area (Å²) in [4.78, 5) is 10.4. The van der Waals surface area contributed by atoms with Gasteiger partial charge in [0, 0.05) is 27.5 Å². The zero-order valence-corrected chi connectivity index (χ0v) is 31.3. The van der Waals surface area contributed by atoms with Crippen molar-refractivity contribution in [3.05, 3.63) is 182 Å². The van der Waals surface area contributed by atoms with Crippen LogP contribution >= 0.6 is 0 Å². The third-order valence-corrected chi connectivity index (χ3v) is 10.8. The van der Waals surface area contributed by atoms with Crippen LogP contribution in [0.2, 0.25) is 0 Å². The summed E-state index contributed by atoms with van der Waals surface area (Å²) in [6.07, 6.45) is 0. The minimum Gasteiger partial charge on any atom is -0.456 e. The fourth-order valence-electron chi connectivity index (χ4n) is 7.87. The third-order valence-electron chi connectivity index (χ3n) is 10.8. The molecule has 4 heterocycles. The number of furan rings is 1. The van der Waals surface area contributed by atoms with Crippen LogP contribution in [-0.4, -0.2) is 9.97 Å². The molecular formula is C52H30N2O5. The minimum absolute atomic E-state index is 0.616. The summed E-state index contributed by atoms with van der Waals surface area (Å²) in [6, 6.07) is 60.5. The van der Waals surface area contributed by atoms with Crippen molar-refractivity contribution in [1.82, 2.24) is 9.97 Å². The van der Waals surface area contributed by atoms with E-state index in [2.05, 4.69) is 60.7 Å². The van der Waals surface area contributed by atoms with Gasteiger partial charge in [0.15, 0.2) is 51.8 Å². The number of fused-ring (bicyclic) bond motifs is 7. The number of ether oxygens (including phenoxy) is 4. The first-order chi connectivity index (χ1) is 29.1. The molecule has 2 aromatic heterocycles. The maximum Gasteiger partial charge on any atom is 0.170 e. The van der Waals surface area contributed by atoms with E-state index in [1.54, 1.807) is 0 Å². The summed E-state index contributed by atoms with van der Waals surface area (Å²) in [5.41, 5.74) is 9.77. The molecule has 0 aliphatic carbocycles. The number of hydrogen-bond donors (Lipinski definition) is 0. The molecule has 7 nitrogen and oxygen atoms in total. The molecule has 2 aliphatic rings. The minimum atomic E-state index is 0.616. The summed E-state index contributed by atoms with van der Waals surface area (Å²) < 4.78 is 31.4. The second kappa shape index (κ2) is 13.2. The number of benzene rings is 8. The third kappa shape index (κ3) is 5.83. The molecule has 0 radical (unpaired) electrons. The van der Waals surface area contributed by atoms with Gasteiger partial charge in [-0.15, -0.1) is 0 Å². The smallest absolute Gasteiger partial charge is 0.170 e. The highest BCUT2D eigenvalue weighted by molar-refractivity contribution is 6.05. The quantitative estimate of drug-likeness (QED) is 0.173. The average molecular weight is 763 g/mol. The maximum absolute atomic E-state index is 6.36. The van der Waals surface area contributed by atoms with Crippen molar-refractivity contribution in [2.24, 2.45) is 0 Å². The van der Waals surface area contributed by atoms with Crippen LogP contribution < -0.4 is 18.9 Å². The van der Waals surface area contributed by atoms with Gasteiger partial charge in [0.05, 0.1) is 11.4 Å². The lowest BCUT2D eigenvalue weighted by Crippen LogP contribution is -1.99. The lowest BCUT2D eigenvalue weighted by atomic mass is 9.94. The normalized spacial score (nSPS) is 12.3. The Bertz CT molecular complexity index is 3180. The summed E-state index contributed by atoms with van der Waals surface area (Å²) in [5.74, 6) is 5.93. The maximum atomic E-state index is 6.36. The van der Waals surface area contributed by atoms with Gasteiger partial charge in [-0.05, 0) is 113 Å². The van der Waals surface area contributed by atoms with Crippen LogP contribution in [0.1, 0.15) is 0 Å². The number of nitrogens with zero attached hydrogens (tertiary/aromatic N) is 2. The fourth-order valence-corrected chi connectivity index (χ4v) is 7.87. The van der Waals surface area contributed by atoms with E-state index in [4.69, 9.17) is 33.3 Å². The predicted octanol–water partition coefficient (Wildman–Crippen LogP) is 14.5. The molecule has 0 spiro atoms. The van der Waals surface area contributed by atoms with Crippen molar-refractivity contribution in [2.45, 2.75) is 0 Å². The van der Waals surface area contributed by atoms with Gasteiger partial charge in [-0.25, -0.2) is 9.97 Å². The number of para-hydroxylation sites is 5. The van der Waals surface area contributed by atoms with Crippen molar-refractivity contribution < 1.29 is 23.4 Å². The summed E-state index contributed by atoms with van der Waals surface area (Å²) in [6.45, 7) is 0. The van der Waals surface area contributed by atoms with Crippen molar-refractivity contribution in [2.75, 3.05) is 0 Å². The molecule has 0 saturated carbocycles. The van der Waals surface area contributed by atoms with E-state index < -0.39 is 0 Å². The first kappa shape index (κ1) is 33.0. The number of rotatable bonds is 5. The van der Waals surface area contributed by atoms with Crippen LogP contribution in [0.4, 0.5) is 0 Å². The van der Waals surface area contributed by atoms with E-state index in [1.165, 1.54) is 0 Å². The molecule has 2 aliphatic heterocycles. The van der Waals surface area contributed by atoms with Crippen molar-refractivity contribution >= 4 is 21.9 Å². The van der Waals surface area contributed by atoms with Crippen LogP contribution in [0, 0.1) is 0 Å². The fraction of sp³-hybridized carbons (Fsp3) is 0. The number of hydrogen-bond acceptors (Lipinski definition) is 7. The highest BCUT2D eigenvalue weighted by Gasteiger charge is 2.22. The molecule has 7 heteroatoms. The van der Waals surface area contributed by atoms with Gasteiger partial charge in [0.2, 0.25) is 0 Å². The summed E-state index contributed by atoms with van der Waals surface area (Å²) in [5, 5.41) is 2.14. The van der Waals surface area contributed by atoms with Crippen molar-refractivity contribution in [1.29, 1.82) is 0 Å². The Morgan fingerprint density at radius 1 is 0.271 bits per heavy atom. The van der Waals surface area contributed by atoms with Gasteiger partial charge >= 0.3 is 0 Å². The lowest BCUT2D eigenvalue weighted by Gasteiger charge is -2.22. The Labute approximate surface area is 338 Å². The van der Waals surface area contributed by atoms with Crippen LogP contribution in [0.5, 0.6) is 46.0 Å². The monoisotopic (exact) mass is 762 g/mol. The largest absolute Gasteiger partial charge is 0.456 e. The summed E-state index contributed by atoms with van der Waals surface area (Å²) >= 11 is 0. The Kier molecular flexibility index (Phi) is 7.40. The Morgan fingerprint density at radius 2 is 0.746 bits per heavy atom. The molecule has 0 bridgehead atoms. The molecule has 0 saturated heterocycles. The Hall–Kier alpha value is -8.16. The highest BCUT2D eigenvalue weighted by Crippen LogP contribution is 2.49. The van der Waals surface area contributed by atoms with Gasteiger partial charge in [-0.3, -0.25) is 0 Å². The van der Waals surface area contributed by atoms with Gasteiger partial charge in [0.25, 0.3) is 0 Å². The second-order valence-electron chi connectivity index (χ2n) is 14.6. The molecular weight excluding hydrogens is 733 g/mol. The first-order valence-electron chi connectivity index (χ1n) is 19.4. The zero-order valence-electron chi connectivity index (χ0n) is 31.3. The Balaban J connectivity index is 1.03. The summed E-state index contributed by atoms with van der Waals surface area (Å²) in [7, 11) is 0. The van der Waals surface area contributed by atoms with Gasteiger partial charge < -0.3 is 23.4 Å². The van der Waals surface area contributed by atoms with Crippen LogP contribution in [-0.2, 0) is 0 Å². The van der Waals surface area contributed by atoms with Crippen LogP contribution in [0.25, 0.3) is 78.1 Å². The molecule has 0 atom stereocenters. The molecule has 0 N–H and O–H groups in total. The van der Waals surface area contributed by atoms with E-state index >= 15 is 0 Å². The predicted molar refractivity (Wildman–Crippen MR) is 230 cm³/mol. The number of aromatic nitrogens is 2. The van der Waals surface area contributed by atoms with E-state index in [9.17, 15) is 0 Å². The first-order valence-corrected chi connectivity index (χ1v) is 19.4. The van der Waals surface area contributed by atoms with E-state index in [-0.39, 0.29) is 0 Å². The molecule has 59 heavy (non-hydrogen) atoms. The van der Waals surface area contributed by atoms with E-state index in [0.29, 0.717) is 51.8 Å². The zero-order chi connectivity index (χ0) is 38.9. The lowest BCUT2D eigenvalue weighted by molar-refractivity contribution is 0.360. The van der Waals surface area contributed by atoms with Gasteiger partial charge in [-0.1, -0.05) is 91.0 Å². The standard InChI is InChI=1S/C52H30N2O5/c1-2-10-31(11-3-1)52-53-40(34-18-21-39-38-12-4-5-13-42(38)55-49(39)29-34)30-41(54-52)37-25-35(32-19-22-47-50(27-32)58-45-16-8-6-14-43(45)56-47)24-36(26-37)33-20-23-48-51(28-33)59-46-17-9-7-15-44(46)57-48/h1-30H. The van der Waals surface area contributed by atoms with Crippen LogP contribution in [0.15, 0.2) is 186 Å². The highest BCUT2D eigenvalue weighted by atomic mass is 16.6. The molecule has 8 aromatic carbocycles. The van der Waals surface area contributed by atoms with E-state index in [1.807, 2.05) is 121 Å². The molecule has 10 aromatic rings. The van der Waals surface area contributed by atoms with Crippen molar-refractivity contribution in [3.63, 3.8) is 0 Å². The molecule has 278 valence electrons. The SMILES string of the molecule is c1ccc(-c2nc(-c3cc(-c4ccc5c(c4)Oc4ccccc4O5)cc(-c4ccc5c(c4)Oc4ccccc4O5)c3)cc(-c3ccc4c(c3)oc3ccccc34)n2)cc1. The second-order valence-corrected chi connectivity index (χ2v) is 14.6. The van der Waals surface area contributed by atoms with Crippen molar-refractivity contribution in [3.8, 4) is 102 Å². The van der Waals surface area contributed by atoms with Gasteiger partial charge in [0.1, 0.15) is 11.2 Å². The Morgan fingerprint density at radius 3 is 1.37 bits per heavy atom. The molecule has 0 fully saturated rings. The van der Waals surface area contributed by atoms with E-state index in [0.717, 1.165) is 72.3 Å².